The fraction of sp³-hybridized carbons (Fsp3) is 0.261. The Labute approximate surface area is 195 Å². The van der Waals surface area contributed by atoms with Crippen LogP contribution in [0.1, 0.15) is 40.4 Å². The first-order chi connectivity index (χ1) is 16.1. The molecule has 178 valence electrons. The molecule has 1 aromatic carbocycles. The fourth-order valence-corrected chi connectivity index (χ4v) is 3.02. The van der Waals surface area contributed by atoms with E-state index in [1.807, 2.05) is 20.8 Å². The van der Waals surface area contributed by atoms with E-state index < -0.39 is 17.5 Å². The second-order valence-electron chi connectivity index (χ2n) is 7.29. The summed E-state index contributed by atoms with van der Waals surface area (Å²) in [5.41, 5.74) is 5.53. The molecule has 3 amide bonds. The number of hydrogen-bond acceptors (Lipinski definition) is 8. The van der Waals surface area contributed by atoms with Gasteiger partial charge >= 0.3 is 5.91 Å². The van der Waals surface area contributed by atoms with Crippen molar-refractivity contribution < 1.29 is 24.0 Å². The second kappa shape index (κ2) is 11.5. The van der Waals surface area contributed by atoms with Crippen LogP contribution in [-0.4, -0.2) is 51.4 Å². The SMILES string of the molecule is CCC(=O)C(=O)C(=O)NC=O.CNC(=O)c1cn2ncnc(Nc3cc(C)ccc3C)c2c1C. The molecule has 0 saturated heterocycles. The highest BCUT2D eigenvalue weighted by atomic mass is 16.2. The summed E-state index contributed by atoms with van der Waals surface area (Å²) in [5.74, 6) is -2.61. The molecule has 2 aromatic heterocycles. The van der Waals surface area contributed by atoms with E-state index in [0.29, 0.717) is 11.4 Å². The van der Waals surface area contributed by atoms with Crippen molar-refractivity contribution in [1.82, 2.24) is 25.2 Å². The Kier molecular flexibility index (Phi) is 8.71. The molecule has 0 fully saturated rings. The first kappa shape index (κ1) is 25.8. The van der Waals surface area contributed by atoms with Crippen LogP contribution in [0.25, 0.3) is 5.52 Å². The van der Waals surface area contributed by atoms with Crippen molar-refractivity contribution in [1.29, 1.82) is 0 Å². The lowest BCUT2D eigenvalue weighted by Crippen LogP contribution is -2.34. The van der Waals surface area contributed by atoms with Crippen LogP contribution in [0.5, 0.6) is 0 Å². The van der Waals surface area contributed by atoms with E-state index in [0.717, 1.165) is 22.3 Å². The third-order valence-electron chi connectivity index (χ3n) is 4.92. The smallest absolute Gasteiger partial charge is 0.301 e. The van der Waals surface area contributed by atoms with Gasteiger partial charge in [-0.05, 0) is 43.5 Å². The summed E-state index contributed by atoms with van der Waals surface area (Å²) in [7, 11) is 1.62. The molecule has 2 heterocycles. The van der Waals surface area contributed by atoms with E-state index in [2.05, 4.69) is 38.9 Å². The van der Waals surface area contributed by atoms with Crippen LogP contribution < -0.4 is 16.0 Å². The van der Waals surface area contributed by atoms with Crippen molar-refractivity contribution in [3.8, 4) is 0 Å². The summed E-state index contributed by atoms with van der Waals surface area (Å²) in [6.45, 7) is 7.44. The van der Waals surface area contributed by atoms with Crippen molar-refractivity contribution in [2.24, 2.45) is 0 Å². The van der Waals surface area contributed by atoms with Crippen LogP contribution in [0.4, 0.5) is 11.5 Å². The van der Waals surface area contributed by atoms with E-state index >= 15 is 0 Å². The van der Waals surface area contributed by atoms with Crippen molar-refractivity contribution >= 4 is 46.8 Å². The summed E-state index contributed by atoms with van der Waals surface area (Å²) >= 11 is 0. The Morgan fingerprint density at radius 3 is 2.44 bits per heavy atom. The predicted molar refractivity (Wildman–Crippen MR) is 125 cm³/mol. The Bertz CT molecular complexity index is 1260. The van der Waals surface area contributed by atoms with Gasteiger partial charge in [0.25, 0.3) is 11.7 Å². The molecule has 0 aliphatic rings. The van der Waals surface area contributed by atoms with Crippen molar-refractivity contribution in [2.75, 3.05) is 12.4 Å². The quantitative estimate of drug-likeness (QED) is 0.270. The van der Waals surface area contributed by atoms with Crippen LogP contribution >= 0.6 is 0 Å². The highest BCUT2D eigenvalue weighted by Gasteiger charge is 2.20. The van der Waals surface area contributed by atoms with Gasteiger partial charge in [0.15, 0.2) is 5.82 Å². The number of fused-ring (bicyclic) bond motifs is 1. The van der Waals surface area contributed by atoms with Crippen molar-refractivity contribution in [3.05, 3.63) is 53.0 Å². The molecule has 0 bridgehead atoms. The zero-order valence-electron chi connectivity index (χ0n) is 19.6. The number of benzene rings is 1. The van der Waals surface area contributed by atoms with Crippen LogP contribution in [0.2, 0.25) is 0 Å². The second-order valence-corrected chi connectivity index (χ2v) is 7.29. The number of hydrogen-bond donors (Lipinski definition) is 3. The number of rotatable bonds is 7. The summed E-state index contributed by atoms with van der Waals surface area (Å²) in [6, 6.07) is 6.21. The third-order valence-corrected chi connectivity index (χ3v) is 4.92. The van der Waals surface area contributed by atoms with Crippen LogP contribution in [0.15, 0.2) is 30.7 Å². The number of aromatic nitrogens is 3. The number of Topliss-reactive ketones (excluding diaryl/α,β-unsaturated/α-hetero) is 2. The first-order valence-electron chi connectivity index (χ1n) is 10.4. The van der Waals surface area contributed by atoms with Crippen molar-refractivity contribution in [2.45, 2.75) is 34.1 Å². The average Bonchev–Trinajstić information content (AvgIpc) is 3.17. The molecule has 0 aliphatic heterocycles. The average molecular weight is 466 g/mol. The number of carbonyl (C=O) groups excluding carboxylic acids is 5. The van der Waals surface area contributed by atoms with Gasteiger partial charge in [-0.25, -0.2) is 9.50 Å². The van der Waals surface area contributed by atoms with Gasteiger partial charge < -0.3 is 10.6 Å². The van der Waals surface area contributed by atoms with Gasteiger partial charge in [-0.2, -0.15) is 5.10 Å². The molecule has 0 spiro atoms. The van der Waals surface area contributed by atoms with Gasteiger partial charge in [-0.15, -0.1) is 0 Å². The highest BCUT2D eigenvalue weighted by molar-refractivity contribution is 6.63. The summed E-state index contributed by atoms with van der Waals surface area (Å²) in [5, 5.41) is 11.8. The van der Waals surface area contributed by atoms with Crippen molar-refractivity contribution in [3.63, 3.8) is 0 Å². The molecule has 0 unspecified atom stereocenters. The number of amides is 3. The molecule has 3 N–H and O–H groups in total. The largest absolute Gasteiger partial charge is 0.355 e. The fourth-order valence-electron chi connectivity index (χ4n) is 3.02. The molecule has 3 rings (SSSR count). The van der Waals surface area contributed by atoms with E-state index in [1.54, 1.807) is 23.1 Å². The van der Waals surface area contributed by atoms with Gasteiger partial charge in [0.2, 0.25) is 12.2 Å². The van der Waals surface area contributed by atoms with Crippen LogP contribution in [0.3, 0.4) is 0 Å². The lowest BCUT2D eigenvalue weighted by molar-refractivity contribution is -0.145. The molecule has 34 heavy (non-hydrogen) atoms. The molecule has 11 nitrogen and oxygen atoms in total. The van der Waals surface area contributed by atoms with E-state index in [9.17, 15) is 24.0 Å². The number of anilines is 2. The summed E-state index contributed by atoms with van der Waals surface area (Å²) < 4.78 is 1.68. The molecule has 0 atom stereocenters. The monoisotopic (exact) mass is 466 g/mol. The highest BCUT2D eigenvalue weighted by Crippen LogP contribution is 2.27. The Hall–Kier alpha value is -4.41. The van der Waals surface area contributed by atoms with Gasteiger partial charge in [0, 0.05) is 25.4 Å². The molecular formula is C23H26N6O5. The maximum absolute atomic E-state index is 12.0. The van der Waals surface area contributed by atoms with E-state index in [-0.39, 0.29) is 18.7 Å². The Balaban J connectivity index is 0.000000316. The summed E-state index contributed by atoms with van der Waals surface area (Å²) in [4.78, 5) is 57.4. The van der Waals surface area contributed by atoms with Gasteiger partial charge in [0.05, 0.1) is 5.56 Å². The maximum Gasteiger partial charge on any atom is 0.301 e. The molecule has 11 heteroatoms. The summed E-state index contributed by atoms with van der Waals surface area (Å²) in [6.07, 6.45) is 3.22. The topological polar surface area (TPSA) is 152 Å². The number of nitrogens with zero attached hydrogens (tertiary/aromatic N) is 3. The number of ketones is 2. The minimum absolute atomic E-state index is 0.0366. The minimum atomic E-state index is -1.18. The number of carbonyl (C=O) groups is 5. The number of nitrogens with one attached hydrogen (secondary N) is 3. The lowest BCUT2D eigenvalue weighted by atomic mass is 10.1. The van der Waals surface area contributed by atoms with Gasteiger partial charge in [-0.1, -0.05) is 19.1 Å². The van der Waals surface area contributed by atoms with Crippen LogP contribution in [0, 0.1) is 20.8 Å². The normalized spacial score (nSPS) is 10.0. The lowest BCUT2D eigenvalue weighted by Gasteiger charge is -2.11. The zero-order chi connectivity index (χ0) is 25.4. The molecule has 0 radical (unpaired) electrons. The zero-order valence-corrected chi connectivity index (χ0v) is 19.6. The Morgan fingerprint density at radius 2 is 1.82 bits per heavy atom. The van der Waals surface area contributed by atoms with Gasteiger partial charge in [-0.3, -0.25) is 29.3 Å². The molecule has 0 saturated carbocycles. The molecule has 0 aliphatic carbocycles. The molecular weight excluding hydrogens is 440 g/mol. The number of aryl methyl sites for hydroxylation is 3. The third kappa shape index (κ3) is 5.88. The Morgan fingerprint density at radius 1 is 1.12 bits per heavy atom. The maximum atomic E-state index is 12.0. The standard InChI is InChI=1S/C17H19N5O.C6H7NO4/c1-10-5-6-11(2)14(7-10)21-16-15-12(3)13(17(23)18-4)8-22(15)20-9-19-16;1-2-4(9)5(10)6(11)7-3-8/h5-9H,1-4H3,(H,18,23)(H,19,20,21);3H,2H2,1H3,(H,7,8,11). The van der Waals surface area contributed by atoms with Crippen LogP contribution in [-0.2, 0) is 19.2 Å². The number of imide groups is 1. The van der Waals surface area contributed by atoms with Gasteiger partial charge in [0.1, 0.15) is 11.8 Å². The predicted octanol–water partition coefficient (Wildman–Crippen LogP) is 1.56. The van der Waals surface area contributed by atoms with E-state index in [1.165, 1.54) is 18.8 Å². The first-order valence-corrected chi connectivity index (χ1v) is 10.4. The molecule has 3 aromatic rings. The minimum Gasteiger partial charge on any atom is -0.355 e. The van der Waals surface area contributed by atoms with E-state index in [4.69, 9.17) is 0 Å².